The van der Waals surface area contributed by atoms with Crippen molar-refractivity contribution in [2.45, 2.75) is 19.3 Å². The van der Waals surface area contributed by atoms with E-state index in [1.165, 1.54) is 36.2 Å². The largest absolute Gasteiger partial charge is 0.494 e. The number of amidine groups is 1. The number of rotatable bonds is 6. The van der Waals surface area contributed by atoms with Gasteiger partial charge in [-0.3, -0.25) is 14.7 Å². The number of aliphatic hydroxyl groups excluding tert-OH is 1. The first-order valence-electron chi connectivity index (χ1n) is 12.6. The highest BCUT2D eigenvalue weighted by atomic mass is 19.1. The smallest absolute Gasteiger partial charge is 0.261 e. The van der Waals surface area contributed by atoms with Gasteiger partial charge in [-0.1, -0.05) is 24.8 Å². The van der Waals surface area contributed by atoms with Crippen LogP contribution < -0.4 is 14.4 Å². The first-order valence-corrected chi connectivity index (χ1v) is 12.6. The molecule has 40 heavy (non-hydrogen) atoms. The molecular weight excluding hydrogens is 518 g/mol. The predicted molar refractivity (Wildman–Crippen MR) is 147 cm³/mol. The average Bonchev–Trinajstić information content (AvgIpc) is 3.43. The van der Waals surface area contributed by atoms with E-state index in [1.807, 2.05) is 13.0 Å². The molecule has 0 bridgehead atoms. The van der Waals surface area contributed by atoms with Gasteiger partial charge < -0.3 is 19.5 Å². The van der Waals surface area contributed by atoms with Crippen molar-refractivity contribution in [3.63, 3.8) is 0 Å². The first-order chi connectivity index (χ1) is 19.2. The van der Waals surface area contributed by atoms with Gasteiger partial charge in [0, 0.05) is 31.3 Å². The van der Waals surface area contributed by atoms with Gasteiger partial charge in [-0.15, -0.1) is 0 Å². The van der Waals surface area contributed by atoms with Crippen molar-refractivity contribution in [2.75, 3.05) is 32.2 Å². The number of carbonyl (C=O) groups excluding carboxylic acids is 1. The van der Waals surface area contributed by atoms with Crippen molar-refractivity contribution in [3.8, 4) is 11.5 Å². The number of aryl methyl sites for hydroxylation is 1. The molecule has 1 unspecified atom stereocenters. The summed E-state index contributed by atoms with van der Waals surface area (Å²) >= 11 is 0. The van der Waals surface area contributed by atoms with E-state index >= 15 is 0 Å². The summed E-state index contributed by atoms with van der Waals surface area (Å²) < 4.78 is 39.1. The number of hydrogen-bond acceptors (Lipinski definition) is 7. The second-order valence-electron chi connectivity index (χ2n) is 9.55. The number of hydrogen-bond donors (Lipinski definition) is 1. The number of para-hydroxylation sites is 1. The van der Waals surface area contributed by atoms with Crippen LogP contribution in [0.1, 0.15) is 29.2 Å². The molecule has 0 spiro atoms. The lowest BCUT2D eigenvalue weighted by atomic mass is 9.98. The van der Waals surface area contributed by atoms with Crippen molar-refractivity contribution >= 4 is 17.4 Å². The third-order valence-electron chi connectivity index (χ3n) is 7.03. The fourth-order valence-electron chi connectivity index (χ4n) is 5.02. The number of carbonyl (C=O) groups is 1. The molecule has 3 aromatic rings. The lowest BCUT2D eigenvalue weighted by Gasteiger charge is -2.33. The van der Waals surface area contributed by atoms with Gasteiger partial charge in [-0.25, -0.2) is 13.8 Å². The standard InChI is InChI=1S/C30H28F2N4O4/c1-17-8-11-23(33-15-17)28-34-18(2)26(30(38)36(28)27-24(39-3)6-5-7-25(27)40-4)29(37)35-13-12-19(16-35)21-10-9-20(31)14-22(21)32/h5-11,14-15,19,38H,2,12-13,16H2,1,3-4H3. The normalized spacial score (nSPS) is 17.3. The number of likely N-dealkylation sites (tertiary alicyclic amines) is 1. The topological polar surface area (TPSA) is 87.5 Å². The summed E-state index contributed by atoms with van der Waals surface area (Å²) in [6.07, 6.45) is 2.14. The highest BCUT2D eigenvalue weighted by molar-refractivity contribution is 6.16. The van der Waals surface area contributed by atoms with Crippen molar-refractivity contribution in [2.24, 2.45) is 4.99 Å². The third-order valence-corrected chi connectivity index (χ3v) is 7.03. The maximum atomic E-state index is 14.5. The third kappa shape index (κ3) is 4.76. The van der Waals surface area contributed by atoms with E-state index in [9.17, 15) is 18.7 Å². The van der Waals surface area contributed by atoms with Crippen LogP contribution in [0.25, 0.3) is 0 Å². The monoisotopic (exact) mass is 546 g/mol. The summed E-state index contributed by atoms with van der Waals surface area (Å²) in [7, 11) is 2.96. The Kier molecular flexibility index (Phi) is 7.25. The Balaban J connectivity index is 1.57. The van der Waals surface area contributed by atoms with Crippen LogP contribution in [0.4, 0.5) is 14.5 Å². The quantitative estimate of drug-likeness (QED) is 0.455. The number of halogens is 2. The second kappa shape index (κ2) is 10.8. The highest BCUT2D eigenvalue weighted by Crippen LogP contribution is 2.43. The van der Waals surface area contributed by atoms with E-state index in [2.05, 4.69) is 16.6 Å². The Hall–Kier alpha value is -4.73. The lowest BCUT2D eigenvalue weighted by molar-refractivity contribution is -0.126. The van der Waals surface area contributed by atoms with Gasteiger partial charge in [0.05, 0.1) is 19.9 Å². The molecule has 2 aliphatic rings. The summed E-state index contributed by atoms with van der Waals surface area (Å²) in [6, 6.07) is 12.2. The number of aromatic nitrogens is 1. The number of benzene rings is 2. The van der Waals surface area contributed by atoms with Crippen LogP contribution in [-0.4, -0.2) is 54.0 Å². The minimum Gasteiger partial charge on any atom is -0.494 e. The predicted octanol–water partition coefficient (Wildman–Crippen LogP) is 5.25. The van der Waals surface area contributed by atoms with Crippen molar-refractivity contribution in [1.29, 1.82) is 0 Å². The minimum atomic E-state index is -0.663. The molecule has 0 aliphatic carbocycles. The van der Waals surface area contributed by atoms with Crippen molar-refractivity contribution in [3.05, 3.63) is 107 Å². The van der Waals surface area contributed by atoms with Crippen LogP contribution in [0.3, 0.4) is 0 Å². The number of aliphatic hydroxyl groups is 1. The zero-order valence-corrected chi connectivity index (χ0v) is 22.3. The van der Waals surface area contributed by atoms with E-state index in [0.717, 1.165) is 11.6 Å². The van der Waals surface area contributed by atoms with Gasteiger partial charge in [0.1, 0.15) is 40.1 Å². The maximum absolute atomic E-state index is 14.5. The molecule has 5 rings (SSSR count). The van der Waals surface area contributed by atoms with E-state index in [4.69, 9.17) is 9.47 Å². The summed E-state index contributed by atoms with van der Waals surface area (Å²) in [6.45, 7) is 6.36. The summed E-state index contributed by atoms with van der Waals surface area (Å²) in [5.41, 5.74) is 1.92. The summed E-state index contributed by atoms with van der Waals surface area (Å²) in [4.78, 5) is 25.8. The number of aliphatic imine (C=N–C) groups is 1. The van der Waals surface area contributed by atoms with Crippen LogP contribution in [0, 0.1) is 18.6 Å². The van der Waals surface area contributed by atoms with E-state index in [0.29, 0.717) is 41.4 Å². The highest BCUT2D eigenvalue weighted by Gasteiger charge is 2.39. The van der Waals surface area contributed by atoms with E-state index in [1.54, 1.807) is 30.5 Å². The number of amides is 1. The fourth-order valence-corrected chi connectivity index (χ4v) is 5.02. The molecule has 0 saturated carbocycles. The van der Waals surface area contributed by atoms with Crippen LogP contribution >= 0.6 is 0 Å². The first kappa shape index (κ1) is 26.9. The molecule has 1 atom stereocenters. The molecule has 1 aromatic heterocycles. The van der Waals surface area contributed by atoms with Gasteiger partial charge in [-0.2, -0.15) is 0 Å². The number of anilines is 1. The summed E-state index contributed by atoms with van der Waals surface area (Å²) in [5.74, 6) is -1.66. The average molecular weight is 547 g/mol. The molecule has 1 amide bonds. The maximum Gasteiger partial charge on any atom is 0.261 e. The lowest BCUT2D eigenvalue weighted by Crippen LogP contribution is -2.40. The molecule has 10 heteroatoms. The van der Waals surface area contributed by atoms with E-state index < -0.39 is 23.4 Å². The molecule has 1 fully saturated rings. The van der Waals surface area contributed by atoms with Crippen LogP contribution in [0.15, 0.2) is 83.5 Å². The van der Waals surface area contributed by atoms with Gasteiger partial charge in [0.15, 0.2) is 5.84 Å². The molecule has 0 radical (unpaired) electrons. The molecule has 8 nitrogen and oxygen atoms in total. The Morgan fingerprint density at radius 1 is 1.10 bits per heavy atom. The Morgan fingerprint density at radius 3 is 2.45 bits per heavy atom. The molecular formula is C30H28F2N4O4. The zero-order valence-electron chi connectivity index (χ0n) is 22.3. The molecule has 2 aliphatic heterocycles. The Bertz CT molecular complexity index is 1530. The Labute approximate surface area is 230 Å². The zero-order chi connectivity index (χ0) is 28.6. The molecule has 3 heterocycles. The second-order valence-corrected chi connectivity index (χ2v) is 9.55. The molecule has 2 aromatic carbocycles. The van der Waals surface area contributed by atoms with Crippen molar-refractivity contribution in [1.82, 2.24) is 9.88 Å². The van der Waals surface area contributed by atoms with Gasteiger partial charge in [0.25, 0.3) is 5.91 Å². The van der Waals surface area contributed by atoms with E-state index in [-0.39, 0.29) is 29.6 Å². The van der Waals surface area contributed by atoms with Crippen LogP contribution in [0.2, 0.25) is 0 Å². The van der Waals surface area contributed by atoms with Crippen LogP contribution in [0.5, 0.6) is 11.5 Å². The SMILES string of the molecule is C=C1N=C(c2ccc(C)cn2)N(c2c(OC)cccc2OC)C(O)=C1C(=O)N1CCC(c2ccc(F)cc2F)C1. The van der Waals surface area contributed by atoms with Gasteiger partial charge >= 0.3 is 0 Å². The minimum absolute atomic E-state index is 0.0430. The van der Waals surface area contributed by atoms with Gasteiger partial charge in [0.2, 0.25) is 5.88 Å². The molecule has 206 valence electrons. The number of nitrogens with zero attached hydrogens (tertiary/aromatic N) is 4. The number of methoxy groups -OCH3 is 2. The van der Waals surface area contributed by atoms with Crippen LogP contribution in [-0.2, 0) is 4.79 Å². The van der Waals surface area contributed by atoms with Crippen molar-refractivity contribution < 1.29 is 28.2 Å². The molecule has 1 N–H and O–H groups in total. The Morgan fingerprint density at radius 2 is 1.82 bits per heavy atom. The van der Waals surface area contributed by atoms with Gasteiger partial charge in [-0.05, 0) is 48.7 Å². The summed E-state index contributed by atoms with van der Waals surface area (Å²) in [5, 5.41) is 11.7. The number of ether oxygens (including phenoxy) is 2. The number of pyridine rings is 1. The fraction of sp³-hybridized carbons (Fsp3) is 0.233. The molecule has 1 saturated heterocycles.